The molecule has 0 radical (unpaired) electrons. The van der Waals surface area contributed by atoms with Crippen molar-refractivity contribution < 1.29 is 13.6 Å². The van der Waals surface area contributed by atoms with Crippen molar-refractivity contribution in [3.63, 3.8) is 0 Å². The van der Waals surface area contributed by atoms with Crippen LogP contribution in [0.4, 0.5) is 14.5 Å². The molecule has 0 saturated heterocycles. The van der Waals surface area contributed by atoms with Crippen molar-refractivity contribution in [2.45, 2.75) is 19.5 Å². The topological polar surface area (TPSA) is 41.1 Å². The van der Waals surface area contributed by atoms with E-state index in [0.29, 0.717) is 12.2 Å². The first kappa shape index (κ1) is 15.0. The Morgan fingerprint density at radius 2 is 1.81 bits per heavy atom. The van der Waals surface area contributed by atoms with Crippen LogP contribution in [-0.2, 0) is 11.3 Å². The predicted octanol–water partition coefficient (Wildman–Crippen LogP) is 3.08. The Bertz CT molecular complexity index is 617. The van der Waals surface area contributed by atoms with Crippen LogP contribution in [0.1, 0.15) is 12.5 Å². The fourth-order valence-electron chi connectivity index (χ4n) is 1.84. The highest BCUT2D eigenvalue weighted by Gasteiger charge is 2.13. The average Bonchev–Trinajstić information content (AvgIpc) is 2.49. The lowest BCUT2D eigenvalue weighted by Crippen LogP contribution is -2.37. The van der Waals surface area contributed by atoms with Crippen LogP contribution < -0.4 is 10.6 Å². The highest BCUT2D eigenvalue weighted by atomic mass is 19.2. The van der Waals surface area contributed by atoms with Gasteiger partial charge in [-0.15, -0.1) is 0 Å². The normalized spacial score (nSPS) is 11.8. The van der Waals surface area contributed by atoms with Crippen molar-refractivity contribution in [3.8, 4) is 0 Å². The van der Waals surface area contributed by atoms with Gasteiger partial charge in [0, 0.05) is 18.3 Å². The number of amides is 1. The maximum atomic E-state index is 13.1. The first-order chi connectivity index (χ1) is 10.1. The van der Waals surface area contributed by atoms with Gasteiger partial charge in [-0.2, -0.15) is 0 Å². The number of anilines is 1. The number of nitrogens with one attached hydrogen (secondary N) is 2. The molecule has 2 rings (SSSR count). The molecule has 0 aromatic heterocycles. The van der Waals surface area contributed by atoms with E-state index in [1.165, 1.54) is 6.07 Å². The summed E-state index contributed by atoms with van der Waals surface area (Å²) in [5.41, 5.74) is 1.35. The minimum Gasteiger partial charge on any atom is -0.374 e. The van der Waals surface area contributed by atoms with Crippen LogP contribution >= 0.6 is 0 Å². The van der Waals surface area contributed by atoms with Gasteiger partial charge in [0.2, 0.25) is 5.91 Å². The Kier molecular flexibility index (Phi) is 4.87. The smallest absolute Gasteiger partial charge is 0.242 e. The molecule has 0 heterocycles. The molecule has 1 unspecified atom stereocenters. The molecule has 1 amide bonds. The van der Waals surface area contributed by atoms with Crippen LogP contribution in [0.2, 0.25) is 0 Å². The second kappa shape index (κ2) is 6.83. The number of hydrogen-bond acceptors (Lipinski definition) is 2. The third-order valence-corrected chi connectivity index (χ3v) is 3.01. The quantitative estimate of drug-likeness (QED) is 0.888. The fraction of sp³-hybridized carbons (Fsp3) is 0.188. The van der Waals surface area contributed by atoms with Crippen LogP contribution in [0.3, 0.4) is 0 Å². The minimum atomic E-state index is -0.947. The van der Waals surface area contributed by atoms with Crippen molar-refractivity contribution in [2.24, 2.45) is 0 Å². The van der Waals surface area contributed by atoms with Gasteiger partial charge in [-0.25, -0.2) is 8.78 Å². The molecule has 110 valence electrons. The van der Waals surface area contributed by atoms with Gasteiger partial charge in [-0.05, 0) is 24.6 Å². The first-order valence-electron chi connectivity index (χ1n) is 6.59. The van der Waals surface area contributed by atoms with Crippen LogP contribution in [0.25, 0.3) is 0 Å². The molecule has 0 aliphatic rings. The molecule has 2 N–H and O–H groups in total. The zero-order chi connectivity index (χ0) is 15.2. The maximum absolute atomic E-state index is 13.1. The zero-order valence-electron chi connectivity index (χ0n) is 11.6. The van der Waals surface area contributed by atoms with Gasteiger partial charge in [0.25, 0.3) is 0 Å². The summed E-state index contributed by atoms with van der Waals surface area (Å²) in [6.07, 6.45) is 0. The fourth-order valence-corrected chi connectivity index (χ4v) is 1.84. The summed E-state index contributed by atoms with van der Waals surface area (Å²) >= 11 is 0. The van der Waals surface area contributed by atoms with E-state index < -0.39 is 17.7 Å². The van der Waals surface area contributed by atoms with Gasteiger partial charge in [0.05, 0.1) is 0 Å². The Morgan fingerprint density at radius 3 is 2.48 bits per heavy atom. The second-order valence-electron chi connectivity index (χ2n) is 4.70. The Morgan fingerprint density at radius 1 is 1.10 bits per heavy atom. The van der Waals surface area contributed by atoms with Gasteiger partial charge in [-0.1, -0.05) is 30.3 Å². The van der Waals surface area contributed by atoms with Crippen molar-refractivity contribution in [1.29, 1.82) is 0 Å². The lowest BCUT2D eigenvalue weighted by molar-refractivity contribution is -0.121. The van der Waals surface area contributed by atoms with Crippen LogP contribution in [0.15, 0.2) is 48.5 Å². The molecule has 0 bridgehead atoms. The molecule has 0 saturated carbocycles. The third kappa shape index (κ3) is 4.27. The lowest BCUT2D eigenvalue weighted by Gasteiger charge is -2.15. The van der Waals surface area contributed by atoms with Crippen molar-refractivity contribution in [1.82, 2.24) is 5.32 Å². The largest absolute Gasteiger partial charge is 0.374 e. The van der Waals surface area contributed by atoms with Gasteiger partial charge in [0.1, 0.15) is 6.04 Å². The Hall–Kier alpha value is -2.43. The SMILES string of the molecule is CC(Nc1ccc(F)c(F)c1)C(=O)NCc1ccccc1. The number of hydrogen-bond donors (Lipinski definition) is 2. The number of carbonyl (C=O) groups is 1. The Balaban J connectivity index is 1.88. The van der Waals surface area contributed by atoms with Crippen molar-refractivity contribution in [2.75, 3.05) is 5.32 Å². The molecular formula is C16H16F2N2O. The van der Waals surface area contributed by atoms with Gasteiger partial charge < -0.3 is 10.6 Å². The van der Waals surface area contributed by atoms with Crippen LogP contribution in [0, 0.1) is 11.6 Å². The molecule has 0 spiro atoms. The summed E-state index contributed by atoms with van der Waals surface area (Å²) in [6, 6.07) is 12.4. The van der Waals surface area contributed by atoms with E-state index in [1.54, 1.807) is 6.92 Å². The molecular weight excluding hydrogens is 274 g/mol. The molecule has 5 heteroatoms. The first-order valence-corrected chi connectivity index (χ1v) is 6.59. The van der Waals surface area contributed by atoms with Crippen molar-refractivity contribution in [3.05, 3.63) is 65.7 Å². The maximum Gasteiger partial charge on any atom is 0.242 e. The van der Waals surface area contributed by atoms with E-state index in [4.69, 9.17) is 0 Å². The number of carbonyl (C=O) groups excluding carboxylic acids is 1. The third-order valence-electron chi connectivity index (χ3n) is 3.01. The Labute approximate surface area is 122 Å². The lowest BCUT2D eigenvalue weighted by atomic mass is 10.2. The van der Waals surface area contributed by atoms with Gasteiger partial charge in [0.15, 0.2) is 11.6 Å². The molecule has 0 fully saturated rings. The van der Waals surface area contributed by atoms with Crippen LogP contribution in [-0.4, -0.2) is 11.9 Å². The summed E-state index contributed by atoms with van der Waals surface area (Å²) in [5, 5.41) is 5.60. The van der Waals surface area contributed by atoms with E-state index in [1.807, 2.05) is 30.3 Å². The standard InChI is InChI=1S/C16H16F2N2O/c1-11(20-13-7-8-14(17)15(18)9-13)16(21)19-10-12-5-3-2-4-6-12/h2-9,11,20H,10H2,1H3,(H,19,21). The van der Waals surface area contributed by atoms with Crippen molar-refractivity contribution >= 4 is 11.6 Å². The zero-order valence-corrected chi connectivity index (χ0v) is 11.6. The van der Waals surface area contributed by atoms with Crippen LogP contribution in [0.5, 0.6) is 0 Å². The number of benzene rings is 2. The highest BCUT2D eigenvalue weighted by Crippen LogP contribution is 2.14. The number of rotatable bonds is 5. The monoisotopic (exact) mass is 290 g/mol. The molecule has 21 heavy (non-hydrogen) atoms. The molecule has 1 atom stereocenters. The summed E-state index contributed by atoms with van der Waals surface area (Å²) < 4.78 is 25.9. The van der Waals surface area contributed by atoms with Gasteiger partial charge in [-0.3, -0.25) is 4.79 Å². The number of halogens is 2. The molecule has 2 aromatic carbocycles. The summed E-state index contributed by atoms with van der Waals surface area (Å²) in [6.45, 7) is 2.07. The van der Waals surface area contributed by atoms with E-state index in [-0.39, 0.29) is 5.91 Å². The summed E-state index contributed by atoms with van der Waals surface area (Å²) in [5.74, 6) is -2.08. The molecule has 2 aromatic rings. The average molecular weight is 290 g/mol. The minimum absolute atomic E-state index is 0.219. The van der Waals surface area contributed by atoms with E-state index in [0.717, 1.165) is 17.7 Å². The molecule has 0 aliphatic carbocycles. The molecule has 3 nitrogen and oxygen atoms in total. The van der Waals surface area contributed by atoms with E-state index in [2.05, 4.69) is 10.6 Å². The van der Waals surface area contributed by atoms with E-state index in [9.17, 15) is 13.6 Å². The van der Waals surface area contributed by atoms with E-state index >= 15 is 0 Å². The second-order valence-corrected chi connectivity index (χ2v) is 4.70. The predicted molar refractivity (Wildman–Crippen MR) is 77.7 cm³/mol. The highest BCUT2D eigenvalue weighted by molar-refractivity contribution is 5.84. The van der Waals surface area contributed by atoms with Gasteiger partial charge >= 0.3 is 0 Å². The summed E-state index contributed by atoms with van der Waals surface area (Å²) in [4.78, 5) is 11.9. The molecule has 0 aliphatic heterocycles. The summed E-state index contributed by atoms with van der Waals surface area (Å²) in [7, 11) is 0.